The van der Waals surface area contributed by atoms with Crippen LogP contribution >= 0.6 is 0 Å². The summed E-state index contributed by atoms with van der Waals surface area (Å²) < 4.78 is 5.07. The number of hydrogen-bond acceptors (Lipinski definition) is 2. The van der Waals surface area contributed by atoms with Crippen LogP contribution in [0.3, 0.4) is 0 Å². The highest BCUT2D eigenvalue weighted by Gasteiger charge is 2.37. The van der Waals surface area contributed by atoms with Gasteiger partial charge in [0.25, 0.3) is 0 Å². The van der Waals surface area contributed by atoms with Crippen molar-refractivity contribution in [3.8, 4) is 0 Å². The van der Waals surface area contributed by atoms with E-state index in [1.54, 1.807) is 0 Å². The fourth-order valence-corrected chi connectivity index (χ4v) is 2.44. The summed E-state index contributed by atoms with van der Waals surface area (Å²) in [5, 5.41) is 0. The molecule has 0 saturated heterocycles. The van der Waals surface area contributed by atoms with Gasteiger partial charge in [-0.25, -0.2) is 0 Å². The zero-order valence-electron chi connectivity index (χ0n) is 12.2. The molecule has 0 unspecified atom stereocenters. The second-order valence-corrected chi connectivity index (χ2v) is 5.08. The summed E-state index contributed by atoms with van der Waals surface area (Å²) in [5.41, 5.74) is -0.198. The molecule has 0 aliphatic rings. The highest BCUT2D eigenvalue weighted by atomic mass is 16.5. The second-order valence-electron chi connectivity index (χ2n) is 5.08. The maximum absolute atomic E-state index is 12.1. The summed E-state index contributed by atoms with van der Waals surface area (Å²) in [5.74, 6) is 0.0212. The van der Waals surface area contributed by atoms with E-state index in [-0.39, 0.29) is 11.4 Å². The van der Waals surface area contributed by atoms with Crippen molar-refractivity contribution in [2.24, 2.45) is 5.41 Å². The van der Waals surface area contributed by atoms with Crippen LogP contribution < -0.4 is 0 Å². The van der Waals surface area contributed by atoms with Crippen molar-refractivity contribution in [3.05, 3.63) is 0 Å². The third-order valence-corrected chi connectivity index (χ3v) is 3.65. The van der Waals surface area contributed by atoms with Crippen molar-refractivity contribution in [1.82, 2.24) is 0 Å². The predicted molar refractivity (Wildman–Crippen MR) is 73.0 cm³/mol. The van der Waals surface area contributed by atoms with Crippen LogP contribution in [-0.2, 0) is 9.53 Å². The average Bonchev–Trinajstić information content (AvgIpc) is 2.37. The molecule has 2 heteroatoms. The van der Waals surface area contributed by atoms with E-state index in [1.165, 1.54) is 7.11 Å². The summed E-state index contributed by atoms with van der Waals surface area (Å²) in [6, 6.07) is 0. The van der Waals surface area contributed by atoms with Crippen LogP contribution in [-0.4, -0.2) is 13.1 Å². The Morgan fingerprint density at radius 2 is 1.24 bits per heavy atom. The van der Waals surface area contributed by atoms with Crippen molar-refractivity contribution < 1.29 is 9.53 Å². The van der Waals surface area contributed by atoms with Gasteiger partial charge in [-0.3, -0.25) is 4.79 Å². The molecule has 0 aliphatic heterocycles. The molecule has 0 aliphatic carbocycles. The zero-order chi connectivity index (χ0) is 13.1. The van der Waals surface area contributed by atoms with E-state index in [1.807, 2.05) is 0 Å². The minimum Gasteiger partial charge on any atom is -0.469 e. The molecule has 0 heterocycles. The molecule has 0 rings (SSSR count). The summed E-state index contributed by atoms with van der Waals surface area (Å²) in [6.07, 6.45) is 9.82. The van der Waals surface area contributed by atoms with Gasteiger partial charge in [-0.05, 0) is 19.3 Å². The van der Waals surface area contributed by atoms with Crippen LogP contribution in [0.5, 0.6) is 0 Å². The fourth-order valence-electron chi connectivity index (χ4n) is 2.44. The summed E-state index contributed by atoms with van der Waals surface area (Å²) >= 11 is 0. The van der Waals surface area contributed by atoms with Crippen LogP contribution in [0.4, 0.5) is 0 Å². The molecule has 0 N–H and O–H groups in total. The van der Waals surface area contributed by atoms with Gasteiger partial charge in [-0.1, -0.05) is 59.3 Å². The molecule has 0 aromatic carbocycles. The topological polar surface area (TPSA) is 26.3 Å². The van der Waals surface area contributed by atoms with E-state index >= 15 is 0 Å². The molecule has 0 spiro atoms. The minimum absolute atomic E-state index is 0.0212. The number of methoxy groups -OCH3 is 1. The molecule has 0 bridgehead atoms. The lowest BCUT2D eigenvalue weighted by Crippen LogP contribution is -2.32. The first-order chi connectivity index (χ1) is 8.16. The smallest absolute Gasteiger partial charge is 0.311 e. The lowest BCUT2D eigenvalue weighted by Gasteiger charge is -2.31. The summed E-state index contributed by atoms with van der Waals surface area (Å²) in [4.78, 5) is 12.1. The Morgan fingerprint density at radius 3 is 1.47 bits per heavy atom. The Hall–Kier alpha value is -0.530. The van der Waals surface area contributed by atoms with E-state index < -0.39 is 0 Å². The Kier molecular flexibility index (Phi) is 9.20. The number of ether oxygens (including phenoxy) is 1. The third kappa shape index (κ3) is 5.56. The van der Waals surface area contributed by atoms with Crippen LogP contribution in [0.2, 0.25) is 0 Å². The van der Waals surface area contributed by atoms with Gasteiger partial charge in [0, 0.05) is 0 Å². The molecule has 0 atom stereocenters. The number of hydrogen-bond donors (Lipinski definition) is 0. The standard InChI is InChI=1S/C15H30O2/c1-5-8-11-15(12-9-6-2,13-10-7-3)14(16)17-4/h5-13H2,1-4H3. The van der Waals surface area contributed by atoms with Gasteiger partial charge >= 0.3 is 5.97 Å². The molecular weight excluding hydrogens is 212 g/mol. The summed E-state index contributed by atoms with van der Waals surface area (Å²) in [7, 11) is 1.53. The third-order valence-electron chi connectivity index (χ3n) is 3.65. The molecule has 0 saturated carbocycles. The van der Waals surface area contributed by atoms with Crippen molar-refractivity contribution >= 4 is 5.97 Å². The Labute approximate surface area is 107 Å². The lowest BCUT2D eigenvalue weighted by atomic mass is 9.74. The molecule has 0 amide bonds. The van der Waals surface area contributed by atoms with Crippen molar-refractivity contribution in [2.75, 3.05) is 7.11 Å². The Bertz CT molecular complexity index is 177. The number of rotatable bonds is 10. The van der Waals surface area contributed by atoms with Gasteiger partial charge in [-0.15, -0.1) is 0 Å². The monoisotopic (exact) mass is 242 g/mol. The molecule has 0 aromatic rings. The first-order valence-electron chi connectivity index (χ1n) is 7.25. The van der Waals surface area contributed by atoms with Crippen molar-refractivity contribution in [2.45, 2.75) is 78.6 Å². The SMILES string of the molecule is CCCCC(CCCC)(CCCC)C(=O)OC. The van der Waals surface area contributed by atoms with Crippen molar-refractivity contribution in [3.63, 3.8) is 0 Å². The van der Waals surface area contributed by atoms with E-state index in [4.69, 9.17) is 4.74 Å². The number of unbranched alkanes of at least 4 members (excludes halogenated alkanes) is 3. The van der Waals surface area contributed by atoms with Crippen LogP contribution in [0.1, 0.15) is 78.6 Å². The molecule has 0 aromatic heterocycles. The molecule has 102 valence electrons. The van der Waals surface area contributed by atoms with Crippen LogP contribution in [0.25, 0.3) is 0 Å². The highest BCUT2D eigenvalue weighted by molar-refractivity contribution is 5.76. The van der Waals surface area contributed by atoms with Gasteiger partial charge < -0.3 is 4.74 Å². The van der Waals surface area contributed by atoms with Crippen LogP contribution in [0.15, 0.2) is 0 Å². The first kappa shape index (κ1) is 16.5. The number of carbonyl (C=O) groups excluding carboxylic acids is 1. The number of esters is 1. The predicted octanol–water partition coefficient (Wildman–Crippen LogP) is 4.72. The largest absolute Gasteiger partial charge is 0.469 e. The normalized spacial score (nSPS) is 11.5. The van der Waals surface area contributed by atoms with Crippen LogP contribution in [0, 0.1) is 5.41 Å². The van der Waals surface area contributed by atoms with E-state index in [0.717, 1.165) is 57.8 Å². The summed E-state index contributed by atoms with van der Waals surface area (Å²) in [6.45, 7) is 6.55. The molecular formula is C15H30O2. The maximum Gasteiger partial charge on any atom is 0.311 e. The van der Waals surface area contributed by atoms with Gasteiger partial charge in [0.1, 0.15) is 0 Å². The lowest BCUT2D eigenvalue weighted by molar-refractivity contribution is -0.154. The fraction of sp³-hybridized carbons (Fsp3) is 0.933. The molecule has 0 radical (unpaired) electrons. The highest BCUT2D eigenvalue weighted by Crippen LogP contribution is 2.37. The van der Waals surface area contributed by atoms with E-state index in [9.17, 15) is 4.79 Å². The molecule has 17 heavy (non-hydrogen) atoms. The van der Waals surface area contributed by atoms with Gasteiger partial charge in [-0.2, -0.15) is 0 Å². The van der Waals surface area contributed by atoms with Gasteiger partial charge in [0.05, 0.1) is 12.5 Å². The Balaban J connectivity index is 4.70. The Morgan fingerprint density at radius 1 is 0.882 bits per heavy atom. The van der Waals surface area contributed by atoms with E-state index in [2.05, 4.69) is 20.8 Å². The van der Waals surface area contributed by atoms with Gasteiger partial charge in [0.2, 0.25) is 0 Å². The second kappa shape index (κ2) is 9.49. The van der Waals surface area contributed by atoms with E-state index in [0.29, 0.717) is 0 Å². The molecule has 2 nitrogen and oxygen atoms in total. The minimum atomic E-state index is -0.198. The molecule has 0 fully saturated rings. The maximum atomic E-state index is 12.1. The van der Waals surface area contributed by atoms with Gasteiger partial charge in [0.15, 0.2) is 0 Å². The number of carbonyl (C=O) groups is 1. The average molecular weight is 242 g/mol. The van der Waals surface area contributed by atoms with Crippen molar-refractivity contribution in [1.29, 1.82) is 0 Å². The quantitative estimate of drug-likeness (QED) is 0.518. The zero-order valence-corrected chi connectivity index (χ0v) is 12.2. The first-order valence-corrected chi connectivity index (χ1v) is 7.25.